The maximum atomic E-state index is 13.7. The van der Waals surface area contributed by atoms with Gasteiger partial charge in [-0.3, -0.25) is 0 Å². The Morgan fingerprint density at radius 1 is 1.10 bits per heavy atom. The summed E-state index contributed by atoms with van der Waals surface area (Å²) < 4.78 is 43.2. The van der Waals surface area contributed by atoms with Crippen LogP contribution in [0.2, 0.25) is 10.0 Å². The number of nitrogens with zero attached hydrogens (tertiary/aromatic N) is 2. The van der Waals surface area contributed by atoms with E-state index in [1.165, 1.54) is 30.5 Å². The number of imidazole rings is 1. The first-order chi connectivity index (χ1) is 14.7. The molecule has 166 valence electrons. The summed E-state index contributed by atoms with van der Waals surface area (Å²) in [5.41, 5.74) is 1.24. The molecule has 3 aromatic rings. The van der Waals surface area contributed by atoms with Crippen LogP contribution >= 0.6 is 23.2 Å². The lowest BCUT2D eigenvalue weighted by molar-refractivity contribution is 0.373. The topological polar surface area (TPSA) is 61.0 Å². The van der Waals surface area contributed by atoms with Crippen LogP contribution in [0.1, 0.15) is 29.8 Å². The maximum absolute atomic E-state index is 13.7. The molecule has 0 radical (unpaired) electrons. The molecule has 2 unspecified atom stereocenters. The van der Waals surface area contributed by atoms with Gasteiger partial charge in [0, 0.05) is 12.6 Å². The van der Waals surface area contributed by atoms with Crippen LogP contribution in [0.25, 0.3) is 0 Å². The molecule has 2 aromatic carbocycles. The van der Waals surface area contributed by atoms with E-state index in [0.717, 1.165) is 0 Å². The highest BCUT2D eigenvalue weighted by molar-refractivity contribution is 7.83. The van der Waals surface area contributed by atoms with Gasteiger partial charge < -0.3 is 9.88 Å². The summed E-state index contributed by atoms with van der Waals surface area (Å²) in [6.07, 6.45) is 1.48. The molecule has 3 rings (SSSR count). The fourth-order valence-electron chi connectivity index (χ4n) is 3.28. The van der Waals surface area contributed by atoms with Gasteiger partial charge in [-0.05, 0) is 56.4 Å². The molecule has 2 N–H and O–H groups in total. The van der Waals surface area contributed by atoms with Crippen molar-refractivity contribution in [3.63, 3.8) is 0 Å². The van der Waals surface area contributed by atoms with Gasteiger partial charge in [0.2, 0.25) is 0 Å². The van der Waals surface area contributed by atoms with Gasteiger partial charge in [-0.1, -0.05) is 35.3 Å². The van der Waals surface area contributed by atoms with E-state index in [9.17, 15) is 13.0 Å². The predicted molar refractivity (Wildman–Crippen MR) is 120 cm³/mol. The molecule has 0 fully saturated rings. The summed E-state index contributed by atoms with van der Waals surface area (Å²) in [5, 5.41) is 0.280. The molecule has 31 heavy (non-hydrogen) atoms. The second-order valence-electron chi connectivity index (χ2n) is 7.46. The van der Waals surface area contributed by atoms with Crippen molar-refractivity contribution >= 4 is 34.2 Å². The SMILES string of the molecule is CC(CN(C)C)NS(=O)c1cnc(C(c2ccc(F)c(Cl)c2)c2ccc(F)c(Cl)c2)[nH]1. The van der Waals surface area contributed by atoms with Crippen molar-refractivity contribution in [2.75, 3.05) is 20.6 Å². The molecular weight excluding hydrogens is 465 g/mol. The molecule has 0 aliphatic carbocycles. The van der Waals surface area contributed by atoms with Crippen LogP contribution in [0.5, 0.6) is 0 Å². The second kappa shape index (κ2) is 10.2. The molecule has 10 heteroatoms. The number of rotatable bonds is 8. The smallest absolute Gasteiger partial charge is 0.143 e. The summed E-state index contributed by atoms with van der Waals surface area (Å²) >= 11 is 12.0. The highest BCUT2D eigenvalue weighted by Gasteiger charge is 2.23. The van der Waals surface area contributed by atoms with E-state index >= 15 is 0 Å². The summed E-state index contributed by atoms with van der Waals surface area (Å²) in [4.78, 5) is 9.45. The van der Waals surface area contributed by atoms with E-state index in [1.807, 2.05) is 25.9 Å². The van der Waals surface area contributed by atoms with E-state index < -0.39 is 28.5 Å². The Labute approximate surface area is 192 Å². The summed E-state index contributed by atoms with van der Waals surface area (Å²) in [5.74, 6) is -1.22. The first kappa shape index (κ1) is 23.8. The molecule has 0 amide bonds. The zero-order chi connectivity index (χ0) is 22.7. The number of H-pyrrole nitrogens is 1. The van der Waals surface area contributed by atoms with Gasteiger partial charge in [-0.25, -0.2) is 22.7 Å². The Kier molecular flexibility index (Phi) is 7.82. The minimum absolute atomic E-state index is 0.0230. The number of nitrogens with one attached hydrogen (secondary N) is 2. The molecule has 1 aromatic heterocycles. The number of hydrogen-bond donors (Lipinski definition) is 2. The third-order valence-electron chi connectivity index (χ3n) is 4.55. The van der Waals surface area contributed by atoms with Crippen LogP contribution < -0.4 is 4.72 Å². The zero-order valence-electron chi connectivity index (χ0n) is 17.1. The molecule has 0 spiro atoms. The normalized spacial score (nSPS) is 13.7. The molecular formula is C21H22Cl2F2N4OS. The summed E-state index contributed by atoms with van der Waals surface area (Å²) in [6.45, 7) is 2.64. The fourth-order valence-corrected chi connectivity index (χ4v) is 4.57. The molecule has 0 aliphatic rings. The van der Waals surface area contributed by atoms with Gasteiger partial charge >= 0.3 is 0 Å². The van der Waals surface area contributed by atoms with Crippen molar-refractivity contribution in [1.29, 1.82) is 0 Å². The standard InChI is InChI=1S/C21H22Cl2F2N4OS/c1-12(11-29(2)3)28-31(30)19-10-26-21(27-19)20(13-4-6-17(24)15(22)8-13)14-5-7-18(25)16(23)9-14/h4-10,12,20,28H,11H2,1-3H3,(H,26,27). The highest BCUT2D eigenvalue weighted by Crippen LogP contribution is 2.34. The van der Waals surface area contributed by atoms with Gasteiger partial charge in [0.15, 0.2) is 0 Å². The van der Waals surface area contributed by atoms with Gasteiger partial charge in [-0.2, -0.15) is 0 Å². The van der Waals surface area contributed by atoms with E-state index in [2.05, 4.69) is 14.7 Å². The lowest BCUT2D eigenvalue weighted by atomic mass is 9.90. The van der Waals surface area contributed by atoms with Crippen molar-refractivity contribution < 1.29 is 13.0 Å². The minimum Gasteiger partial charge on any atom is -0.333 e. The summed E-state index contributed by atoms with van der Waals surface area (Å²) in [6, 6.07) is 8.58. The van der Waals surface area contributed by atoms with Crippen LogP contribution in [0.4, 0.5) is 8.78 Å². The lowest BCUT2D eigenvalue weighted by Crippen LogP contribution is -2.36. The average Bonchev–Trinajstić information content (AvgIpc) is 3.17. The van der Waals surface area contributed by atoms with Crippen LogP contribution in [-0.4, -0.2) is 45.8 Å². The Bertz CT molecular complexity index is 1040. The molecule has 5 nitrogen and oxygen atoms in total. The van der Waals surface area contributed by atoms with E-state index in [-0.39, 0.29) is 16.1 Å². The minimum atomic E-state index is -1.52. The van der Waals surface area contributed by atoms with Gasteiger partial charge in [0.05, 0.1) is 22.2 Å². The Morgan fingerprint density at radius 3 is 2.13 bits per heavy atom. The fraction of sp³-hybridized carbons (Fsp3) is 0.286. The predicted octanol–water partition coefficient (Wildman–Crippen LogP) is 4.74. The zero-order valence-corrected chi connectivity index (χ0v) is 19.5. The number of aromatic nitrogens is 2. The number of benzene rings is 2. The Hall–Kier alpha value is -1.84. The lowest BCUT2D eigenvalue weighted by Gasteiger charge is -2.18. The molecule has 2 atom stereocenters. The number of aromatic amines is 1. The Morgan fingerprint density at radius 2 is 1.65 bits per heavy atom. The van der Waals surface area contributed by atoms with Gasteiger partial charge in [0.25, 0.3) is 0 Å². The monoisotopic (exact) mass is 486 g/mol. The number of hydrogen-bond acceptors (Lipinski definition) is 3. The van der Waals surface area contributed by atoms with E-state index in [1.54, 1.807) is 12.1 Å². The van der Waals surface area contributed by atoms with Crippen molar-refractivity contribution in [1.82, 2.24) is 19.6 Å². The van der Waals surface area contributed by atoms with Gasteiger partial charge in [-0.15, -0.1) is 0 Å². The first-order valence-corrected chi connectivity index (χ1v) is 11.3. The van der Waals surface area contributed by atoms with Crippen molar-refractivity contribution in [2.45, 2.75) is 23.9 Å². The van der Waals surface area contributed by atoms with E-state index in [4.69, 9.17) is 23.2 Å². The summed E-state index contributed by atoms with van der Waals surface area (Å²) in [7, 11) is 2.34. The molecule has 0 saturated heterocycles. The third kappa shape index (κ3) is 5.90. The van der Waals surface area contributed by atoms with Crippen LogP contribution in [0, 0.1) is 11.6 Å². The third-order valence-corrected chi connectivity index (χ3v) is 6.35. The van der Waals surface area contributed by atoms with Gasteiger partial charge in [0.1, 0.15) is 33.5 Å². The molecule has 0 aliphatic heterocycles. The molecule has 0 bridgehead atoms. The Balaban J connectivity index is 1.97. The maximum Gasteiger partial charge on any atom is 0.143 e. The van der Waals surface area contributed by atoms with Crippen molar-refractivity contribution in [3.05, 3.63) is 81.2 Å². The quantitative estimate of drug-likeness (QED) is 0.483. The average molecular weight is 487 g/mol. The molecule has 0 saturated carbocycles. The number of halogens is 4. The van der Waals surface area contributed by atoms with E-state index in [0.29, 0.717) is 28.5 Å². The van der Waals surface area contributed by atoms with Crippen LogP contribution in [0.3, 0.4) is 0 Å². The van der Waals surface area contributed by atoms with Crippen LogP contribution in [-0.2, 0) is 11.0 Å². The number of likely N-dealkylation sites (N-methyl/N-ethyl adjacent to an activating group) is 1. The van der Waals surface area contributed by atoms with Crippen molar-refractivity contribution in [2.24, 2.45) is 0 Å². The molecule has 1 heterocycles. The first-order valence-electron chi connectivity index (χ1n) is 9.43. The van der Waals surface area contributed by atoms with Crippen LogP contribution in [0.15, 0.2) is 47.6 Å². The van der Waals surface area contributed by atoms with Crippen molar-refractivity contribution in [3.8, 4) is 0 Å². The second-order valence-corrected chi connectivity index (χ2v) is 9.49. The highest BCUT2D eigenvalue weighted by atomic mass is 35.5. The largest absolute Gasteiger partial charge is 0.333 e.